The quantitative estimate of drug-likeness (QED) is 0.727. The molecule has 3 N–H and O–H groups in total. The van der Waals surface area contributed by atoms with E-state index in [0.29, 0.717) is 0 Å². The molecule has 0 aliphatic rings. The van der Waals surface area contributed by atoms with E-state index in [9.17, 15) is 9.18 Å². The smallest absolute Gasteiger partial charge is 0.342 e. The fourth-order valence-electron chi connectivity index (χ4n) is 1.17. The molecule has 16 heavy (non-hydrogen) atoms. The zero-order chi connectivity index (χ0) is 12.1. The van der Waals surface area contributed by atoms with Crippen molar-refractivity contribution < 1.29 is 23.4 Å². The number of hydrogen-bond donors (Lipinski definition) is 2. The molecule has 0 saturated carbocycles. The summed E-state index contributed by atoms with van der Waals surface area (Å²) >= 11 is 0. The molecule has 0 radical (unpaired) electrons. The standard InChI is InChI=1S/C10H14FNO4/c1-2-15-10(14)8(11)9(12)7-4-3-6(5-13)16-7/h3-4,8-9,13H,2,5,12H2,1H3/t8?,9-/m1/s1. The highest BCUT2D eigenvalue weighted by Gasteiger charge is 2.29. The topological polar surface area (TPSA) is 85.7 Å². The van der Waals surface area contributed by atoms with E-state index in [2.05, 4.69) is 4.74 Å². The van der Waals surface area contributed by atoms with Gasteiger partial charge in [-0.15, -0.1) is 0 Å². The maximum atomic E-state index is 13.5. The van der Waals surface area contributed by atoms with Gasteiger partial charge in [-0.25, -0.2) is 9.18 Å². The molecule has 2 atom stereocenters. The molecule has 90 valence electrons. The summed E-state index contributed by atoms with van der Waals surface area (Å²) in [5, 5.41) is 8.74. The zero-order valence-corrected chi connectivity index (χ0v) is 8.85. The Kier molecular flexibility index (Phi) is 4.45. The van der Waals surface area contributed by atoms with Crippen molar-refractivity contribution in [2.75, 3.05) is 6.61 Å². The number of halogens is 1. The van der Waals surface area contributed by atoms with Crippen LogP contribution in [0.2, 0.25) is 0 Å². The second-order valence-electron chi connectivity index (χ2n) is 3.14. The van der Waals surface area contributed by atoms with Crippen LogP contribution in [0.1, 0.15) is 24.5 Å². The monoisotopic (exact) mass is 231 g/mol. The third kappa shape index (κ3) is 2.80. The molecule has 1 aromatic rings. The van der Waals surface area contributed by atoms with Crippen molar-refractivity contribution in [1.29, 1.82) is 0 Å². The second-order valence-corrected chi connectivity index (χ2v) is 3.14. The Hall–Kier alpha value is -1.40. The number of carbonyl (C=O) groups is 1. The van der Waals surface area contributed by atoms with Gasteiger partial charge >= 0.3 is 5.97 Å². The zero-order valence-electron chi connectivity index (χ0n) is 8.85. The number of rotatable bonds is 5. The number of hydrogen-bond acceptors (Lipinski definition) is 5. The fourth-order valence-corrected chi connectivity index (χ4v) is 1.17. The second kappa shape index (κ2) is 5.62. The number of aliphatic hydroxyl groups is 1. The molecule has 0 aliphatic carbocycles. The van der Waals surface area contributed by atoms with Crippen molar-refractivity contribution in [2.24, 2.45) is 5.73 Å². The first kappa shape index (κ1) is 12.7. The van der Waals surface area contributed by atoms with Crippen LogP contribution in [-0.2, 0) is 16.1 Å². The molecule has 0 aliphatic heterocycles. The number of ether oxygens (including phenoxy) is 1. The van der Waals surface area contributed by atoms with Crippen LogP contribution in [0.15, 0.2) is 16.5 Å². The van der Waals surface area contributed by atoms with Gasteiger partial charge in [-0.3, -0.25) is 0 Å². The van der Waals surface area contributed by atoms with Gasteiger partial charge in [0.1, 0.15) is 24.2 Å². The van der Waals surface area contributed by atoms with Gasteiger partial charge in [0.15, 0.2) is 0 Å². The highest BCUT2D eigenvalue weighted by molar-refractivity contribution is 5.75. The van der Waals surface area contributed by atoms with Crippen LogP contribution < -0.4 is 5.73 Å². The minimum atomic E-state index is -1.97. The van der Waals surface area contributed by atoms with Crippen LogP contribution >= 0.6 is 0 Å². The van der Waals surface area contributed by atoms with Gasteiger partial charge in [0.25, 0.3) is 0 Å². The van der Waals surface area contributed by atoms with Crippen LogP contribution in [0.4, 0.5) is 4.39 Å². The Bertz CT molecular complexity index is 352. The molecule has 0 bridgehead atoms. The molecule has 0 saturated heterocycles. The molecule has 1 heterocycles. The Morgan fingerprint density at radius 3 is 2.88 bits per heavy atom. The van der Waals surface area contributed by atoms with E-state index in [-0.39, 0.29) is 24.7 Å². The lowest BCUT2D eigenvalue weighted by Gasteiger charge is -2.12. The Balaban J connectivity index is 2.69. The minimum absolute atomic E-state index is 0.0893. The molecule has 0 aromatic carbocycles. The minimum Gasteiger partial charge on any atom is -0.464 e. The average molecular weight is 231 g/mol. The molecule has 1 unspecified atom stereocenters. The molecule has 1 rings (SSSR count). The summed E-state index contributed by atoms with van der Waals surface area (Å²) in [7, 11) is 0. The predicted octanol–water partition coefficient (Wildman–Crippen LogP) is 0.673. The number of alkyl halides is 1. The molecule has 1 aromatic heterocycles. The van der Waals surface area contributed by atoms with E-state index >= 15 is 0 Å². The van der Waals surface area contributed by atoms with Crippen molar-refractivity contribution in [1.82, 2.24) is 0 Å². The molecular formula is C10H14FNO4. The Morgan fingerprint density at radius 2 is 2.38 bits per heavy atom. The lowest BCUT2D eigenvalue weighted by atomic mass is 10.1. The van der Waals surface area contributed by atoms with Gasteiger partial charge in [-0.2, -0.15) is 0 Å². The summed E-state index contributed by atoms with van der Waals surface area (Å²) in [5.74, 6) is -0.650. The number of furan rings is 1. The Morgan fingerprint density at radius 1 is 1.69 bits per heavy atom. The number of aliphatic hydroxyl groups excluding tert-OH is 1. The fraction of sp³-hybridized carbons (Fsp3) is 0.500. The molecule has 0 spiro atoms. The number of esters is 1. The Labute approximate surface area is 92.0 Å². The van der Waals surface area contributed by atoms with Gasteiger partial charge in [0.05, 0.1) is 6.61 Å². The summed E-state index contributed by atoms with van der Waals surface area (Å²) in [6, 6.07) is 1.66. The first-order valence-electron chi connectivity index (χ1n) is 4.85. The lowest BCUT2D eigenvalue weighted by molar-refractivity contribution is -0.150. The van der Waals surface area contributed by atoms with Gasteiger partial charge in [-0.1, -0.05) is 0 Å². The van der Waals surface area contributed by atoms with E-state index < -0.39 is 18.2 Å². The molecule has 0 amide bonds. The van der Waals surface area contributed by atoms with Crippen molar-refractivity contribution in [2.45, 2.75) is 25.7 Å². The summed E-state index contributed by atoms with van der Waals surface area (Å²) in [5.41, 5.74) is 5.49. The normalized spacial score (nSPS) is 14.5. The first-order chi connectivity index (χ1) is 7.60. The first-order valence-corrected chi connectivity index (χ1v) is 4.85. The van der Waals surface area contributed by atoms with Gasteiger partial charge in [-0.05, 0) is 19.1 Å². The number of carbonyl (C=O) groups excluding carboxylic acids is 1. The van der Waals surface area contributed by atoms with Crippen LogP contribution in [0, 0.1) is 0 Å². The molecule has 0 fully saturated rings. The van der Waals surface area contributed by atoms with Gasteiger partial charge < -0.3 is 20.0 Å². The summed E-state index contributed by atoms with van der Waals surface area (Å²) in [6.07, 6.45) is -1.97. The van der Waals surface area contributed by atoms with E-state index in [4.69, 9.17) is 15.3 Å². The maximum absolute atomic E-state index is 13.5. The summed E-state index contributed by atoms with van der Waals surface area (Å²) in [4.78, 5) is 11.1. The highest BCUT2D eigenvalue weighted by Crippen LogP contribution is 2.20. The summed E-state index contributed by atoms with van der Waals surface area (Å²) < 4.78 is 23.0. The molecular weight excluding hydrogens is 217 g/mol. The van der Waals surface area contributed by atoms with Gasteiger partial charge in [0, 0.05) is 0 Å². The van der Waals surface area contributed by atoms with Crippen molar-refractivity contribution in [3.8, 4) is 0 Å². The third-order valence-electron chi connectivity index (χ3n) is 1.99. The highest BCUT2D eigenvalue weighted by atomic mass is 19.1. The van der Waals surface area contributed by atoms with E-state index in [0.717, 1.165) is 0 Å². The van der Waals surface area contributed by atoms with Gasteiger partial charge in [0.2, 0.25) is 6.17 Å². The number of nitrogens with two attached hydrogens (primary N) is 1. The van der Waals surface area contributed by atoms with Crippen molar-refractivity contribution >= 4 is 5.97 Å². The largest absolute Gasteiger partial charge is 0.464 e. The molecule has 5 nitrogen and oxygen atoms in total. The van der Waals surface area contributed by atoms with E-state index in [1.54, 1.807) is 6.92 Å². The van der Waals surface area contributed by atoms with Crippen LogP contribution in [0.5, 0.6) is 0 Å². The average Bonchev–Trinajstić information content (AvgIpc) is 2.75. The van der Waals surface area contributed by atoms with Crippen molar-refractivity contribution in [3.05, 3.63) is 23.7 Å². The van der Waals surface area contributed by atoms with Crippen LogP contribution in [-0.4, -0.2) is 23.9 Å². The van der Waals surface area contributed by atoms with E-state index in [1.807, 2.05) is 0 Å². The predicted molar refractivity (Wildman–Crippen MR) is 53.1 cm³/mol. The maximum Gasteiger partial charge on any atom is 0.342 e. The van der Waals surface area contributed by atoms with Crippen molar-refractivity contribution in [3.63, 3.8) is 0 Å². The van der Waals surface area contributed by atoms with Crippen LogP contribution in [0.3, 0.4) is 0 Å². The summed E-state index contributed by atoms with van der Waals surface area (Å²) in [6.45, 7) is 1.36. The van der Waals surface area contributed by atoms with E-state index in [1.165, 1.54) is 12.1 Å². The molecule has 6 heteroatoms. The SMILES string of the molecule is CCOC(=O)C(F)[C@H](N)c1ccc(CO)o1. The third-order valence-corrected chi connectivity index (χ3v) is 1.99. The van der Waals surface area contributed by atoms with Crippen LogP contribution in [0.25, 0.3) is 0 Å². The lowest BCUT2D eigenvalue weighted by Crippen LogP contribution is -2.31.